The zero-order valence-electron chi connectivity index (χ0n) is 10.8. The van der Waals surface area contributed by atoms with E-state index in [1.54, 1.807) is 36.3 Å². The molecule has 102 valence electrons. The molecule has 1 aromatic carbocycles. The first-order valence-electron chi connectivity index (χ1n) is 6.26. The maximum Gasteiger partial charge on any atom is 0.253 e. The fourth-order valence-corrected chi connectivity index (χ4v) is 2.23. The molecule has 0 bridgehead atoms. The minimum absolute atomic E-state index is 0.0700. The minimum atomic E-state index is -1.02. The van der Waals surface area contributed by atoms with Crippen LogP contribution in [0.1, 0.15) is 23.2 Å². The topological polar surface area (TPSA) is 69.7 Å². The molecule has 1 heterocycles. The van der Waals surface area contributed by atoms with E-state index in [9.17, 15) is 14.7 Å². The molecule has 0 saturated carbocycles. The van der Waals surface area contributed by atoms with Crippen molar-refractivity contribution in [1.82, 2.24) is 4.90 Å². The predicted molar refractivity (Wildman–Crippen MR) is 66.6 cm³/mol. The van der Waals surface area contributed by atoms with Crippen molar-refractivity contribution in [2.75, 3.05) is 20.2 Å². The second-order valence-electron chi connectivity index (χ2n) is 4.61. The normalized spacial score (nSPS) is 16.2. The summed E-state index contributed by atoms with van der Waals surface area (Å²) in [6, 6.07) is 6.90. The van der Waals surface area contributed by atoms with E-state index >= 15 is 0 Å². The van der Waals surface area contributed by atoms with Crippen LogP contribution in [0.3, 0.4) is 0 Å². The number of methoxy groups -OCH3 is 1. The molecule has 5 heteroatoms. The zero-order valence-corrected chi connectivity index (χ0v) is 10.8. The highest BCUT2D eigenvalue weighted by Gasteiger charge is 2.24. The fourth-order valence-electron chi connectivity index (χ4n) is 2.23. The number of benzene rings is 1. The first kappa shape index (κ1) is 13.4. The summed E-state index contributed by atoms with van der Waals surface area (Å²) in [6.45, 7) is 0.924. The number of carboxylic acid groups (broad SMARTS) is 1. The molecule has 0 spiro atoms. The van der Waals surface area contributed by atoms with Crippen molar-refractivity contribution in [1.29, 1.82) is 0 Å². The first-order chi connectivity index (χ1) is 9.11. The van der Waals surface area contributed by atoms with Gasteiger partial charge in [-0.15, -0.1) is 0 Å². The molecular weight excluding hydrogens is 246 g/mol. The van der Waals surface area contributed by atoms with Gasteiger partial charge in [0.15, 0.2) is 0 Å². The van der Waals surface area contributed by atoms with Gasteiger partial charge in [0, 0.05) is 30.5 Å². The van der Waals surface area contributed by atoms with Crippen molar-refractivity contribution in [3.05, 3.63) is 29.8 Å². The highest BCUT2D eigenvalue weighted by molar-refractivity contribution is 5.94. The van der Waals surface area contributed by atoms with Gasteiger partial charge in [-0.25, -0.2) is 0 Å². The number of carboxylic acids is 1. The Bertz CT molecular complexity index is 461. The van der Waals surface area contributed by atoms with Gasteiger partial charge in [-0.1, -0.05) is 0 Å². The van der Waals surface area contributed by atoms with E-state index in [1.165, 1.54) is 0 Å². The zero-order chi connectivity index (χ0) is 13.8. The van der Waals surface area contributed by atoms with Crippen LogP contribution in [0.5, 0.6) is 5.75 Å². The summed E-state index contributed by atoms with van der Waals surface area (Å²) in [4.78, 5) is 24.6. The molecule has 0 aromatic heterocycles. The third-order valence-electron chi connectivity index (χ3n) is 3.45. The third-order valence-corrected chi connectivity index (χ3v) is 3.45. The smallest absolute Gasteiger partial charge is 0.253 e. The molecule has 1 saturated heterocycles. The van der Waals surface area contributed by atoms with E-state index in [-0.39, 0.29) is 5.91 Å². The van der Waals surface area contributed by atoms with Gasteiger partial charge in [0.1, 0.15) is 5.75 Å². The van der Waals surface area contributed by atoms with Crippen molar-refractivity contribution < 1.29 is 19.4 Å². The summed E-state index contributed by atoms with van der Waals surface area (Å²) in [7, 11) is 1.57. The Kier molecular flexibility index (Phi) is 4.04. The van der Waals surface area contributed by atoms with Gasteiger partial charge in [0.2, 0.25) is 0 Å². The Morgan fingerprint density at radius 3 is 2.26 bits per heavy atom. The van der Waals surface area contributed by atoms with Crippen molar-refractivity contribution in [3.63, 3.8) is 0 Å². The monoisotopic (exact) mass is 262 g/mol. The maximum absolute atomic E-state index is 12.2. The lowest BCUT2D eigenvalue weighted by atomic mass is 9.96. The van der Waals surface area contributed by atoms with Crippen LogP contribution in [0.15, 0.2) is 24.3 Å². The van der Waals surface area contributed by atoms with Crippen molar-refractivity contribution in [2.45, 2.75) is 12.8 Å². The number of piperidine rings is 1. The number of carbonyl (C=O) groups excluding carboxylic acids is 2. The highest BCUT2D eigenvalue weighted by Crippen LogP contribution is 2.19. The lowest BCUT2D eigenvalue weighted by molar-refractivity contribution is -0.312. The summed E-state index contributed by atoms with van der Waals surface area (Å²) in [5.74, 6) is -0.817. The van der Waals surface area contributed by atoms with E-state index < -0.39 is 11.9 Å². The Balaban J connectivity index is 1.98. The van der Waals surface area contributed by atoms with Crippen LogP contribution in [0.4, 0.5) is 0 Å². The summed E-state index contributed by atoms with van der Waals surface area (Å²) < 4.78 is 5.04. The van der Waals surface area contributed by atoms with Gasteiger partial charge in [0.25, 0.3) is 5.91 Å². The fraction of sp³-hybridized carbons (Fsp3) is 0.429. The van der Waals surface area contributed by atoms with E-state index in [2.05, 4.69) is 0 Å². The standard InChI is InChI=1S/C14H17NO4/c1-19-12-4-2-10(3-5-12)13(16)15-8-6-11(7-9-15)14(17)18/h2-5,11H,6-9H2,1H3,(H,17,18)/p-1. The van der Waals surface area contributed by atoms with Crippen molar-refractivity contribution in [3.8, 4) is 5.75 Å². The number of aliphatic carboxylic acids is 1. The summed E-state index contributed by atoms with van der Waals surface area (Å²) in [5.41, 5.74) is 0.590. The first-order valence-corrected chi connectivity index (χ1v) is 6.26. The molecule has 0 N–H and O–H groups in total. The average molecular weight is 262 g/mol. The number of ether oxygens (including phenoxy) is 1. The van der Waals surface area contributed by atoms with Gasteiger partial charge >= 0.3 is 0 Å². The number of rotatable bonds is 3. The van der Waals surface area contributed by atoms with Crippen molar-refractivity contribution in [2.24, 2.45) is 5.92 Å². The van der Waals surface area contributed by atoms with Crippen molar-refractivity contribution >= 4 is 11.9 Å². The molecule has 0 aliphatic carbocycles. The predicted octanol–water partition coefficient (Wildman–Crippen LogP) is 0.297. The number of amides is 1. The van der Waals surface area contributed by atoms with Gasteiger partial charge in [-0.05, 0) is 37.1 Å². The van der Waals surface area contributed by atoms with Crippen LogP contribution in [-0.4, -0.2) is 37.0 Å². The Hall–Kier alpha value is -2.04. The Labute approximate surface area is 111 Å². The second kappa shape index (κ2) is 5.73. The number of hydrogen-bond acceptors (Lipinski definition) is 4. The van der Waals surface area contributed by atoms with Crippen LogP contribution in [-0.2, 0) is 4.79 Å². The molecule has 1 aromatic rings. The summed E-state index contributed by atoms with van der Waals surface area (Å²) >= 11 is 0. The Morgan fingerprint density at radius 1 is 1.21 bits per heavy atom. The molecule has 1 amide bonds. The highest BCUT2D eigenvalue weighted by atomic mass is 16.5. The van der Waals surface area contributed by atoms with E-state index in [0.29, 0.717) is 37.2 Å². The lowest BCUT2D eigenvalue weighted by Crippen LogP contribution is -2.43. The van der Waals surface area contributed by atoms with E-state index in [1.807, 2.05) is 0 Å². The number of carbonyl (C=O) groups is 2. The molecular formula is C14H16NO4-. The molecule has 1 aliphatic heterocycles. The molecule has 19 heavy (non-hydrogen) atoms. The van der Waals surface area contributed by atoms with Gasteiger partial charge in [0.05, 0.1) is 7.11 Å². The second-order valence-corrected chi connectivity index (χ2v) is 4.61. The maximum atomic E-state index is 12.2. The average Bonchev–Trinajstić information content (AvgIpc) is 2.46. The molecule has 1 fully saturated rings. The SMILES string of the molecule is COc1ccc(C(=O)N2CCC(C(=O)[O-])CC2)cc1. The molecule has 0 radical (unpaired) electrons. The lowest BCUT2D eigenvalue weighted by Gasteiger charge is -2.32. The van der Waals surface area contributed by atoms with E-state index in [0.717, 1.165) is 0 Å². The van der Waals surface area contributed by atoms with Crippen LogP contribution in [0.25, 0.3) is 0 Å². The van der Waals surface area contributed by atoms with Gasteiger partial charge in [-0.2, -0.15) is 0 Å². The van der Waals surface area contributed by atoms with Crippen LogP contribution in [0.2, 0.25) is 0 Å². The quantitative estimate of drug-likeness (QED) is 0.785. The molecule has 2 rings (SSSR count). The summed E-state index contributed by atoms with van der Waals surface area (Å²) in [5, 5.41) is 10.7. The molecule has 0 atom stereocenters. The van der Waals surface area contributed by atoms with Crippen LogP contribution >= 0.6 is 0 Å². The number of likely N-dealkylation sites (tertiary alicyclic amines) is 1. The number of hydrogen-bond donors (Lipinski definition) is 0. The van der Waals surface area contributed by atoms with Crippen LogP contribution in [0, 0.1) is 5.92 Å². The van der Waals surface area contributed by atoms with Gasteiger partial charge in [-0.3, -0.25) is 4.79 Å². The summed E-state index contributed by atoms with van der Waals surface area (Å²) in [6.07, 6.45) is 0.925. The third kappa shape index (κ3) is 3.05. The van der Waals surface area contributed by atoms with Crippen LogP contribution < -0.4 is 9.84 Å². The molecule has 5 nitrogen and oxygen atoms in total. The molecule has 0 unspecified atom stereocenters. The number of nitrogens with zero attached hydrogens (tertiary/aromatic N) is 1. The molecule has 1 aliphatic rings. The minimum Gasteiger partial charge on any atom is -0.550 e. The van der Waals surface area contributed by atoms with E-state index in [4.69, 9.17) is 4.74 Å². The largest absolute Gasteiger partial charge is 0.550 e. The van der Waals surface area contributed by atoms with Gasteiger partial charge < -0.3 is 19.5 Å². The Morgan fingerprint density at radius 2 is 1.79 bits per heavy atom.